The standard InChI is InChI=1S/C19H22N2O6S2/c1-10-15-14(11(2)22)18(23)20(15)16(17(10)29-9-28-3)19(24)27-8-12-4-6-13(7-5-12)21(25)26/h4-7,10-11,14-15,22H,8-9H2,1-3H3/t10-,11-,14-,15-/m1/s1. The second kappa shape index (κ2) is 8.76. The third-order valence-corrected chi connectivity index (χ3v) is 7.44. The summed E-state index contributed by atoms with van der Waals surface area (Å²) in [4.78, 5) is 38.0. The summed E-state index contributed by atoms with van der Waals surface area (Å²) >= 11 is 3.13. The first-order chi connectivity index (χ1) is 13.8. The molecule has 1 amide bonds. The van der Waals surface area contributed by atoms with Gasteiger partial charge in [-0.1, -0.05) is 6.92 Å². The third-order valence-electron chi connectivity index (χ3n) is 5.15. The predicted molar refractivity (Wildman–Crippen MR) is 111 cm³/mol. The Morgan fingerprint density at radius 3 is 2.59 bits per heavy atom. The first-order valence-electron chi connectivity index (χ1n) is 9.05. The van der Waals surface area contributed by atoms with Gasteiger partial charge in [-0.15, -0.1) is 11.8 Å². The molecule has 2 aliphatic rings. The number of hydrogen-bond acceptors (Lipinski definition) is 8. The summed E-state index contributed by atoms with van der Waals surface area (Å²) in [5, 5.41) is 21.4. The van der Waals surface area contributed by atoms with E-state index in [0.717, 1.165) is 9.99 Å². The molecule has 0 aromatic heterocycles. The average molecular weight is 439 g/mol. The normalized spacial score (nSPS) is 24.2. The molecule has 0 aliphatic carbocycles. The van der Waals surface area contributed by atoms with E-state index in [9.17, 15) is 24.8 Å². The van der Waals surface area contributed by atoms with E-state index in [0.29, 0.717) is 5.56 Å². The lowest BCUT2D eigenvalue weighted by atomic mass is 9.79. The van der Waals surface area contributed by atoms with Crippen molar-refractivity contribution >= 4 is 41.1 Å². The highest BCUT2D eigenvalue weighted by molar-refractivity contribution is 8.17. The molecule has 0 saturated carbocycles. The number of amides is 1. The second-order valence-corrected chi connectivity index (χ2v) is 9.27. The molecule has 1 N–H and O–H groups in total. The van der Waals surface area contributed by atoms with Gasteiger partial charge >= 0.3 is 5.97 Å². The van der Waals surface area contributed by atoms with Gasteiger partial charge in [0.1, 0.15) is 12.3 Å². The summed E-state index contributed by atoms with van der Waals surface area (Å²) < 4.78 is 5.42. The molecule has 0 bridgehead atoms. The molecule has 3 rings (SSSR count). The van der Waals surface area contributed by atoms with E-state index in [1.165, 1.54) is 40.9 Å². The summed E-state index contributed by atoms with van der Waals surface area (Å²) in [6.45, 7) is 3.49. The van der Waals surface area contributed by atoms with Crippen LogP contribution in [0.15, 0.2) is 34.9 Å². The van der Waals surface area contributed by atoms with Crippen molar-refractivity contribution in [2.24, 2.45) is 11.8 Å². The summed E-state index contributed by atoms with van der Waals surface area (Å²) in [7, 11) is 0. The quantitative estimate of drug-likeness (QED) is 0.217. The molecule has 1 fully saturated rings. The fourth-order valence-corrected chi connectivity index (χ4v) is 5.46. The Morgan fingerprint density at radius 1 is 1.38 bits per heavy atom. The van der Waals surface area contributed by atoms with E-state index < -0.39 is 22.9 Å². The number of ether oxygens (including phenoxy) is 1. The first kappa shape index (κ1) is 21.7. The first-order valence-corrected chi connectivity index (χ1v) is 11.4. The van der Waals surface area contributed by atoms with Crippen LogP contribution in [0.5, 0.6) is 0 Å². The Balaban J connectivity index is 1.77. The van der Waals surface area contributed by atoms with Crippen molar-refractivity contribution in [2.45, 2.75) is 32.6 Å². The number of benzene rings is 1. The van der Waals surface area contributed by atoms with Crippen LogP contribution in [-0.2, 0) is 20.9 Å². The van der Waals surface area contributed by atoms with Crippen LogP contribution in [0, 0.1) is 22.0 Å². The number of aliphatic hydroxyl groups excluding tert-OH is 1. The molecule has 1 saturated heterocycles. The van der Waals surface area contributed by atoms with E-state index in [4.69, 9.17) is 4.74 Å². The van der Waals surface area contributed by atoms with Crippen molar-refractivity contribution in [3.8, 4) is 0 Å². The Morgan fingerprint density at radius 2 is 2.03 bits per heavy atom. The molecule has 1 aromatic rings. The van der Waals surface area contributed by atoms with Crippen molar-refractivity contribution < 1.29 is 24.4 Å². The van der Waals surface area contributed by atoms with Crippen LogP contribution in [-0.4, -0.2) is 50.3 Å². The smallest absolute Gasteiger partial charge is 0.356 e. The van der Waals surface area contributed by atoms with Crippen molar-refractivity contribution in [3.63, 3.8) is 0 Å². The fourth-order valence-electron chi connectivity index (χ4n) is 3.76. The Labute approximate surface area is 176 Å². The van der Waals surface area contributed by atoms with Crippen molar-refractivity contribution in [1.82, 2.24) is 4.90 Å². The minimum absolute atomic E-state index is 0.0404. The lowest BCUT2D eigenvalue weighted by Crippen LogP contribution is -2.63. The van der Waals surface area contributed by atoms with Crippen LogP contribution < -0.4 is 0 Å². The SMILES string of the molecule is CSCSC1=C(C(=O)OCc2ccc([N+](=O)[O-])cc2)N2C(=O)[C@H]([C@@H](C)O)[C@H]2[C@H]1C. The van der Waals surface area contributed by atoms with Gasteiger partial charge in [0, 0.05) is 28.0 Å². The van der Waals surface area contributed by atoms with E-state index in [-0.39, 0.29) is 35.9 Å². The van der Waals surface area contributed by atoms with E-state index in [1.807, 2.05) is 13.2 Å². The molecular formula is C19H22N2O6S2. The topological polar surface area (TPSA) is 110 Å². The van der Waals surface area contributed by atoms with Crippen molar-refractivity contribution in [2.75, 3.05) is 11.3 Å². The molecule has 1 aromatic carbocycles. The zero-order valence-electron chi connectivity index (χ0n) is 16.2. The number of nitro groups is 1. The van der Waals surface area contributed by atoms with Crippen LogP contribution >= 0.6 is 23.5 Å². The summed E-state index contributed by atoms with van der Waals surface area (Å²) in [6.07, 6.45) is 1.17. The zero-order valence-corrected chi connectivity index (χ0v) is 17.9. The number of carbonyl (C=O) groups excluding carboxylic acids is 2. The van der Waals surface area contributed by atoms with E-state index in [2.05, 4.69) is 0 Å². The van der Waals surface area contributed by atoms with Gasteiger partial charge in [-0.25, -0.2) is 4.79 Å². The highest BCUT2D eigenvalue weighted by atomic mass is 32.2. The van der Waals surface area contributed by atoms with Crippen LogP contribution in [0.3, 0.4) is 0 Å². The lowest BCUT2D eigenvalue weighted by Gasteiger charge is -2.46. The second-order valence-electron chi connectivity index (χ2n) is 7.02. The number of β-lactam (4-membered cyclic amide) rings is 1. The van der Waals surface area contributed by atoms with Gasteiger partial charge < -0.3 is 14.7 Å². The monoisotopic (exact) mass is 438 g/mol. The molecule has 156 valence electrons. The maximum absolute atomic E-state index is 12.9. The molecule has 10 heteroatoms. The number of non-ortho nitro benzene ring substituents is 1. The molecule has 4 atom stereocenters. The summed E-state index contributed by atoms with van der Waals surface area (Å²) in [5.74, 6) is -1.45. The van der Waals surface area contributed by atoms with Crippen LogP contribution in [0.1, 0.15) is 19.4 Å². The molecule has 2 aliphatic heterocycles. The van der Waals surface area contributed by atoms with Crippen LogP contribution in [0.2, 0.25) is 0 Å². The van der Waals surface area contributed by atoms with Gasteiger partial charge in [0.05, 0.1) is 23.0 Å². The van der Waals surface area contributed by atoms with Crippen LogP contribution in [0.4, 0.5) is 5.69 Å². The maximum Gasteiger partial charge on any atom is 0.356 e. The van der Waals surface area contributed by atoms with Gasteiger partial charge in [0.25, 0.3) is 5.69 Å². The Bertz CT molecular complexity index is 855. The van der Waals surface area contributed by atoms with E-state index >= 15 is 0 Å². The van der Waals surface area contributed by atoms with E-state index in [1.54, 1.807) is 18.7 Å². The maximum atomic E-state index is 12.9. The third kappa shape index (κ3) is 4.01. The number of rotatable bonds is 8. The molecular weight excluding hydrogens is 416 g/mol. The van der Waals surface area contributed by atoms with Gasteiger partial charge in [-0.3, -0.25) is 14.9 Å². The van der Waals surface area contributed by atoms with Gasteiger partial charge in [-0.2, -0.15) is 11.8 Å². The fraction of sp³-hybridized carbons (Fsp3) is 0.474. The van der Waals surface area contributed by atoms with Crippen LogP contribution in [0.25, 0.3) is 0 Å². The summed E-state index contributed by atoms with van der Waals surface area (Å²) in [6, 6.07) is 5.52. The molecule has 29 heavy (non-hydrogen) atoms. The molecule has 0 unspecified atom stereocenters. The number of nitro benzene ring substituents is 1. The highest BCUT2D eigenvalue weighted by Crippen LogP contribution is 2.51. The predicted octanol–water partition coefficient (Wildman–Crippen LogP) is 2.76. The number of nitrogens with zero attached hydrogens (tertiary/aromatic N) is 2. The van der Waals surface area contributed by atoms with Gasteiger partial charge in [0.2, 0.25) is 5.91 Å². The van der Waals surface area contributed by atoms with Gasteiger partial charge in [0.15, 0.2) is 0 Å². The van der Waals surface area contributed by atoms with Crippen molar-refractivity contribution in [3.05, 3.63) is 50.5 Å². The lowest BCUT2D eigenvalue weighted by molar-refractivity contribution is -0.384. The molecule has 0 radical (unpaired) electrons. The largest absolute Gasteiger partial charge is 0.456 e. The number of hydrogen-bond donors (Lipinski definition) is 1. The van der Waals surface area contributed by atoms with Crippen molar-refractivity contribution in [1.29, 1.82) is 0 Å². The minimum Gasteiger partial charge on any atom is -0.456 e. The number of thioether (sulfide) groups is 2. The van der Waals surface area contributed by atoms with Gasteiger partial charge in [-0.05, 0) is 30.9 Å². The number of fused-ring (bicyclic) bond motifs is 1. The Kier molecular flexibility index (Phi) is 6.55. The zero-order chi connectivity index (χ0) is 21.3. The number of esters is 1. The Hall–Kier alpha value is -2.04. The molecule has 0 spiro atoms. The highest BCUT2D eigenvalue weighted by Gasteiger charge is 2.60. The summed E-state index contributed by atoms with van der Waals surface area (Å²) in [5.41, 5.74) is 0.828. The molecule has 2 heterocycles. The number of carbonyl (C=O) groups is 2. The average Bonchev–Trinajstić information content (AvgIpc) is 2.92. The molecule has 8 nitrogen and oxygen atoms in total. The number of aliphatic hydroxyl groups is 1. The minimum atomic E-state index is -0.784.